The monoisotopic (exact) mass is 352 g/mol. The molecule has 0 aliphatic rings. The molecule has 0 aliphatic carbocycles. The van der Waals surface area contributed by atoms with E-state index in [0.29, 0.717) is 22.3 Å². The number of benzene rings is 3. The van der Waals surface area contributed by atoms with Crippen LogP contribution in [0.1, 0.15) is 46.8 Å². The van der Waals surface area contributed by atoms with E-state index < -0.39 is 0 Å². The van der Waals surface area contributed by atoms with Crippen molar-refractivity contribution in [3.63, 3.8) is 0 Å². The quantitative estimate of drug-likeness (QED) is 0.399. The molecule has 0 aliphatic heterocycles. The van der Waals surface area contributed by atoms with Crippen molar-refractivity contribution in [2.24, 2.45) is 0 Å². The Morgan fingerprint density at radius 1 is 0.920 bits per heavy atom. The molecule has 0 N–H and O–H groups in total. The zero-order valence-electron chi connectivity index (χ0n) is 14.9. The highest BCUT2D eigenvalue weighted by Gasteiger charge is 2.14. The summed E-state index contributed by atoms with van der Waals surface area (Å²) in [6.45, 7) is 8.42. The van der Waals surface area contributed by atoms with Gasteiger partial charge in [0, 0.05) is 5.02 Å². The lowest BCUT2D eigenvalue weighted by atomic mass is 9.92. The van der Waals surface area contributed by atoms with Crippen molar-refractivity contribution in [3.8, 4) is 5.75 Å². The number of ether oxygens (including phenoxy) is 1. The summed E-state index contributed by atoms with van der Waals surface area (Å²) in [6.07, 6.45) is 0. The minimum atomic E-state index is -0.378. The molecule has 3 aromatic rings. The second-order valence-electron chi connectivity index (χ2n) is 6.69. The molecule has 0 spiro atoms. The lowest BCUT2D eigenvalue weighted by Gasteiger charge is -2.15. The molecule has 0 saturated heterocycles. The molecule has 0 saturated carbocycles. The minimum absolute atomic E-state index is 0.378. The summed E-state index contributed by atoms with van der Waals surface area (Å²) < 4.78 is 5.65. The van der Waals surface area contributed by atoms with Crippen LogP contribution in [0.2, 0.25) is 5.02 Å². The third-order valence-corrected chi connectivity index (χ3v) is 4.72. The van der Waals surface area contributed by atoms with Crippen LogP contribution >= 0.6 is 11.6 Å². The first kappa shape index (κ1) is 17.5. The molecule has 3 aromatic carbocycles. The normalized spacial score (nSPS) is 11.1. The Labute approximate surface area is 153 Å². The highest BCUT2D eigenvalue weighted by atomic mass is 35.5. The molecular weight excluding hydrogens is 332 g/mol. The average molecular weight is 353 g/mol. The molecule has 0 radical (unpaired) electrons. The van der Waals surface area contributed by atoms with Crippen molar-refractivity contribution in [2.45, 2.75) is 33.6 Å². The van der Waals surface area contributed by atoms with Crippen LogP contribution in [0.5, 0.6) is 5.75 Å². The van der Waals surface area contributed by atoms with Gasteiger partial charge in [-0.15, -0.1) is 0 Å². The van der Waals surface area contributed by atoms with Gasteiger partial charge in [0.15, 0.2) is 0 Å². The Morgan fingerprint density at radius 2 is 1.60 bits per heavy atom. The molecule has 0 aromatic heterocycles. The summed E-state index contributed by atoms with van der Waals surface area (Å²) in [5.74, 6) is 0.651. The molecule has 3 heteroatoms. The predicted molar refractivity (Wildman–Crippen MR) is 104 cm³/mol. The van der Waals surface area contributed by atoms with Crippen molar-refractivity contribution >= 4 is 28.3 Å². The van der Waals surface area contributed by atoms with Crippen molar-refractivity contribution in [1.29, 1.82) is 0 Å². The molecule has 0 heterocycles. The first-order chi connectivity index (χ1) is 11.9. The Hall–Kier alpha value is -2.32. The van der Waals surface area contributed by atoms with Gasteiger partial charge in [0.1, 0.15) is 5.75 Å². The van der Waals surface area contributed by atoms with Crippen LogP contribution < -0.4 is 4.74 Å². The zero-order valence-corrected chi connectivity index (χ0v) is 15.6. The third-order valence-electron chi connectivity index (χ3n) is 4.47. The standard InChI is InChI=1S/C22H21ClO2/c1-13(2)18-10-5-14(3)19-12-21(15(4)11-20(18)19)25-22(24)16-6-8-17(23)9-7-16/h5-13H,1-4H3. The summed E-state index contributed by atoms with van der Waals surface area (Å²) in [6, 6.07) is 15.1. The van der Waals surface area contributed by atoms with Crippen molar-refractivity contribution < 1.29 is 9.53 Å². The van der Waals surface area contributed by atoms with Gasteiger partial charge in [0.2, 0.25) is 0 Å². The molecule has 2 nitrogen and oxygen atoms in total. The van der Waals surface area contributed by atoms with E-state index in [1.165, 1.54) is 16.5 Å². The predicted octanol–water partition coefficient (Wildman–Crippen LogP) is 6.45. The van der Waals surface area contributed by atoms with E-state index in [1.807, 2.05) is 13.0 Å². The third kappa shape index (κ3) is 3.54. The van der Waals surface area contributed by atoms with E-state index in [2.05, 4.69) is 39.0 Å². The van der Waals surface area contributed by atoms with Crippen molar-refractivity contribution in [2.75, 3.05) is 0 Å². The maximum Gasteiger partial charge on any atom is 0.343 e. The van der Waals surface area contributed by atoms with E-state index in [1.54, 1.807) is 24.3 Å². The van der Waals surface area contributed by atoms with Gasteiger partial charge in [-0.1, -0.05) is 37.6 Å². The van der Waals surface area contributed by atoms with E-state index in [4.69, 9.17) is 16.3 Å². The number of hydrogen-bond donors (Lipinski definition) is 0. The first-order valence-electron chi connectivity index (χ1n) is 8.38. The maximum absolute atomic E-state index is 12.4. The van der Waals surface area contributed by atoms with Gasteiger partial charge in [-0.05, 0) is 83.6 Å². The number of aryl methyl sites for hydroxylation is 2. The second-order valence-corrected chi connectivity index (χ2v) is 7.12. The Balaban J connectivity index is 2.02. The van der Waals surface area contributed by atoms with Crippen LogP contribution in [-0.2, 0) is 0 Å². The number of hydrogen-bond acceptors (Lipinski definition) is 2. The molecule has 128 valence electrons. The molecule has 0 unspecified atom stereocenters. The van der Waals surface area contributed by atoms with Crippen LogP contribution in [-0.4, -0.2) is 5.97 Å². The highest BCUT2D eigenvalue weighted by molar-refractivity contribution is 6.30. The fourth-order valence-corrected chi connectivity index (χ4v) is 3.13. The average Bonchev–Trinajstić information content (AvgIpc) is 2.56. The smallest absolute Gasteiger partial charge is 0.343 e. The summed E-state index contributed by atoms with van der Waals surface area (Å²) in [5.41, 5.74) is 3.90. The molecule has 0 amide bonds. The summed E-state index contributed by atoms with van der Waals surface area (Å²) >= 11 is 5.87. The molecule has 0 bridgehead atoms. The number of carbonyl (C=O) groups excluding carboxylic acids is 1. The summed E-state index contributed by atoms with van der Waals surface area (Å²) in [7, 11) is 0. The number of esters is 1. The number of halogens is 1. The summed E-state index contributed by atoms with van der Waals surface area (Å²) in [4.78, 5) is 12.4. The van der Waals surface area contributed by atoms with E-state index in [0.717, 1.165) is 10.9 Å². The molecular formula is C22H21ClO2. The maximum atomic E-state index is 12.4. The number of fused-ring (bicyclic) bond motifs is 1. The molecule has 0 fully saturated rings. The Bertz CT molecular complexity index is 940. The van der Waals surface area contributed by atoms with Gasteiger partial charge in [-0.25, -0.2) is 4.79 Å². The van der Waals surface area contributed by atoms with Crippen LogP contribution in [0.25, 0.3) is 10.8 Å². The highest BCUT2D eigenvalue weighted by Crippen LogP contribution is 2.33. The van der Waals surface area contributed by atoms with Gasteiger partial charge in [-0.2, -0.15) is 0 Å². The van der Waals surface area contributed by atoms with Gasteiger partial charge < -0.3 is 4.74 Å². The molecule has 25 heavy (non-hydrogen) atoms. The Kier molecular flexibility index (Phi) is 4.82. The van der Waals surface area contributed by atoms with Crippen LogP contribution in [0, 0.1) is 13.8 Å². The van der Waals surface area contributed by atoms with Gasteiger partial charge in [0.05, 0.1) is 5.56 Å². The lowest BCUT2D eigenvalue weighted by Crippen LogP contribution is -2.09. The zero-order chi connectivity index (χ0) is 18.1. The Morgan fingerprint density at radius 3 is 2.24 bits per heavy atom. The SMILES string of the molecule is Cc1cc2c(C(C)C)ccc(C)c2cc1OC(=O)c1ccc(Cl)cc1. The largest absolute Gasteiger partial charge is 0.423 e. The van der Waals surface area contributed by atoms with E-state index in [-0.39, 0.29) is 5.97 Å². The number of carbonyl (C=O) groups is 1. The van der Waals surface area contributed by atoms with E-state index >= 15 is 0 Å². The first-order valence-corrected chi connectivity index (χ1v) is 8.76. The van der Waals surface area contributed by atoms with Gasteiger partial charge in [-0.3, -0.25) is 0 Å². The topological polar surface area (TPSA) is 26.3 Å². The van der Waals surface area contributed by atoms with Crippen LogP contribution in [0.4, 0.5) is 0 Å². The van der Waals surface area contributed by atoms with E-state index in [9.17, 15) is 4.79 Å². The van der Waals surface area contributed by atoms with Gasteiger partial charge >= 0.3 is 5.97 Å². The van der Waals surface area contributed by atoms with Crippen molar-refractivity contribution in [3.05, 3.63) is 75.8 Å². The minimum Gasteiger partial charge on any atom is -0.423 e. The fraction of sp³-hybridized carbons (Fsp3) is 0.227. The van der Waals surface area contributed by atoms with Crippen LogP contribution in [0.15, 0.2) is 48.5 Å². The summed E-state index contributed by atoms with van der Waals surface area (Å²) in [5, 5.41) is 2.93. The number of rotatable bonds is 3. The second kappa shape index (κ2) is 6.89. The lowest BCUT2D eigenvalue weighted by molar-refractivity contribution is 0.0734. The van der Waals surface area contributed by atoms with Crippen LogP contribution in [0.3, 0.4) is 0 Å². The fourth-order valence-electron chi connectivity index (χ4n) is 3.01. The molecule has 0 atom stereocenters. The molecule has 3 rings (SSSR count). The van der Waals surface area contributed by atoms with Crippen molar-refractivity contribution in [1.82, 2.24) is 0 Å². The van der Waals surface area contributed by atoms with Gasteiger partial charge in [0.25, 0.3) is 0 Å².